The van der Waals surface area contributed by atoms with Gasteiger partial charge in [0.2, 0.25) is 0 Å². The number of nitrogens with one attached hydrogen (secondary N) is 3. The predicted octanol–water partition coefficient (Wildman–Crippen LogP) is 3.49. The summed E-state index contributed by atoms with van der Waals surface area (Å²) < 4.78 is 20.1. The van der Waals surface area contributed by atoms with Crippen molar-refractivity contribution in [3.63, 3.8) is 0 Å². The van der Waals surface area contributed by atoms with Crippen LogP contribution in [0.5, 0.6) is 0 Å². The molecule has 0 aromatic heterocycles. The number of amides is 3. The zero-order chi connectivity index (χ0) is 26.6. The quantitative estimate of drug-likeness (QED) is 0.268. The lowest BCUT2D eigenvalue weighted by Crippen LogP contribution is -2.54. The van der Waals surface area contributed by atoms with Gasteiger partial charge >= 0.3 is 12.1 Å². The van der Waals surface area contributed by atoms with E-state index in [1.807, 2.05) is 0 Å². The van der Waals surface area contributed by atoms with Gasteiger partial charge in [-0.3, -0.25) is 0 Å². The molecule has 1 saturated heterocycles. The molecule has 1 aliphatic heterocycles. The molecule has 4 atom stereocenters. The highest BCUT2D eigenvalue weighted by molar-refractivity contribution is 5.74. The highest BCUT2D eigenvalue weighted by Gasteiger charge is 2.33. The van der Waals surface area contributed by atoms with E-state index in [1.54, 1.807) is 24.1 Å². The molecule has 9 nitrogen and oxygen atoms in total. The first kappa shape index (κ1) is 29.1. The number of hydrogen-bond acceptors (Lipinski definition) is 5. The van der Waals surface area contributed by atoms with Gasteiger partial charge < -0.3 is 35.8 Å². The normalized spacial score (nSPS) is 21.2. The summed E-state index contributed by atoms with van der Waals surface area (Å²) >= 11 is 0. The topological polar surface area (TPSA) is 123 Å². The number of halogens is 1. The summed E-state index contributed by atoms with van der Waals surface area (Å²) in [5, 5.41) is 28.0. The predicted molar refractivity (Wildman–Crippen MR) is 139 cm³/mol. The van der Waals surface area contributed by atoms with Crippen molar-refractivity contribution in [3.8, 4) is 0 Å². The number of carbonyl (C=O) groups excluding carboxylic acids is 1. The van der Waals surface area contributed by atoms with E-state index in [0.717, 1.165) is 32.1 Å². The van der Waals surface area contributed by atoms with Crippen molar-refractivity contribution >= 4 is 12.1 Å². The van der Waals surface area contributed by atoms with E-state index in [-0.39, 0.29) is 37.0 Å². The zero-order valence-electron chi connectivity index (χ0n) is 21.8. The zero-order valence-corrected chi connectivity index (χ0v) is 21.8. The fourth-order valence-corrected chi connectivity index (χ4v) is 5.67. The summed E-state index contributed by atoms with van der Waals surface area (Å²) in [5.41, 5.74) is 0.669. The first-order chi connectivity index (χ1) is 17.9. The number of aliphatic hydroxyl groups excluding tert-OH is 1. The van der Waals surface area contributed by atoms with Crippen LogP contribution in [0.25, 0.3) is 0 Å². The van der Waals surface area contributed by atoms with Gasteiger partial charge in [0.25, 0.3) is 0 Å². The molecular formula is C27H43FN4O5. The van der Waals surface area contributed by atoms with Gasteiger partial charge in [0, 0.05) is 32.1 Å². The van der Waals surface area contributed by atoms with Crippen molar-refractivity contribution in [1.82, 2.24) is 20.9 Å². The molecule has 1 aromatic carbocycles. The Kier molecular flexibility index (Phi) is 11.9. The Morgan fingerprint density at radius 1 is 1.19 bits per heavy atom. The molecule has 1 aromatic rings. The van der Waals surface area contributed by atoms with Gasteiger partial charge in [-0.05, 0) is 49.9 Å². The summed E-state index contributed by atoms with van der Waals surface area (Å²) in [7, 11) is 1.79. The van der Waals surface area contributed by atoms with Crippen molar-refractivity contribution in [2.24, 2.45) is 11.8 Å². The van der Waals surface area contributed by atoms with Crippen LogP contribution in [0.1, 0.15) is 63.0 Å². The van der Waals surface area contributed by atoms with E-state index < -0.39 is 18.3 Å². The van der Waals surface area contributed by atoms with Crippen molar-refractivity contribution in [2.75, 3.05) is 39.8 Å². The first-order valence-electron chi connectivity index (χ1n) is 13.6. The van der Waals surface area contributed by atoms with Gasteiger partial charge in [-0.1, -0.05) is 44.2 Å². The smallest absolute Gasteiger partial charge is 0.404 e. The number of ether oxygens (including phenoxy) is 1. The second kappa shape index (κ2) is 15.1. The number of urea groups is 1. The SMILES string of the molecule is CNC[C@@H](O)[C@H](CC1CCCCC1)NC(=O)N1CCC[C@@H]([C@@H](OCCNC(=O)O)c2cccc(F)c2)C1. The molecule has 208 valence electrons. The number of rotatable bonds is 12. The van der Waals surface area contributed by atoms with E-state index in [1.165, 1.54) is 31.4 Å². The Hall–Kier alpha value is -2.43. The minimum Gasteiger partial charge on any atom is -0.465 e. The third-order valence-electron chi connectivity index (χ3n) is 7.52. The van der Waals surface area contributed by atoms with E-state index in [0.29, 0.717) is 31.1 Å². The van der Waals surface area contributed by atoms with Crippen LogP contribution in [-0.4, -0.2) is 79.2 Å². The molecule has 3 amide bonds. The second-order valence-electron chi connectivity index (χ2n) is 10.3. The number of piperidine rings is 1. The lowest BCUT2D eigenvalue weighted by atomic mass is 9.83. The van der Waals surface area contributed by atoms with Gasteiger partial charge in [0.15, 0.2) is 0 Å². The van der Waals surface area contributed by atoms with Crippen LogP contribution in [0.2, 0.25) is 0 Å². The van der Waals surface area contributed by atoms with Crippen LogP contribution < -0.4 is 16.0 Å². The largest absolute Gasteiger partial charge is 0.465 e. The monoisotopic (exact) mass is 522 g/mol. The van der Waals surface area contributed by atoms with Crippen molar-refractivity contribution in [1.29, 1.82) is 0 Å². The summed E-state index contributed by atoms with van der Waals surface area (Å²) in [6.45, 7) is 1.68. The minimum atomic E-state index is -1.13. The maximum absolute atomic E-state index is 14.0. The molecule has 2 fully saturated rings. The summed E-state index contributed by atoms with van der Waals surface area (Å²) in [4.78, 5) is 25.9. The van der Waals surface area contributed by atoms with Gasteiger partial charge in [-0.2, -0.15) is 0 Å². The number of likely N-dealkylation sites (N-methyl/N-ethyl adjacent to an activating group) is 1. The molecule has 5 N–H and O–H groups in total. The highest BCUT2D eigenvalue weighted by Crippen LogP contribution is 2.33. The Bertz CT molecular complexity index is 854. The van der Waals surface area contributed by atoms with Crippen molar-refractivity contribution < 1.29 is 28.9 Å². The van der Waals surface area contributed by atoms with E-state index in [9.17, 15) is 19.1 Å². The minimum absolute atomic E-state index is 0.0786. The molecule has 0 unspecified atom stereocenters. The van der Waals surface area contributed by atoms with Crippen LogP contribution >= 0.6 is 0 Å². The summed E-state index contributed by atoms with van der Waals surface area (Å²) in [5.74, 6) is 0.0548. The molecule has 0 spiro atoms. The Labute approximate surface area is 219 Å². The molecule has 0 radical (unpaired) electrons. The Morgan fingerprint density at radius 2 is 1.97 bits per heavy atom. The maximum Gasteiger partial charge on any atom is 0.404 e. The van der Waals surface area contributed by atoms with E-state index in [4.69, 9.17) is 9.84 Å². The molecule has 0 bridgehead atoms. The third-order valence-corrected chi connectivity index (χ3v) is 7.52. The second-order valence-corrected chi connectivity index (χ2v) is 10.3. The van der Waals surface area contributed by atoms with Gasteiger partial charge in [0.05, 0.1) is 24.9 Å². The number of benzene rings is 1. The van der Waals surface area contributed by atoms with E-state index in [2.05, 4.69) is 16.0 Å². The number of likely N-dealkylation sites (tertiary alicyclic amines) is 1. The molecule has 3 rings (SSSR count). The summed E-state index contributed by atoms with van der Waals surface area (Å²) in [6, 6.07) is 5.69. The standard InChI is InChI=1S/C27H43FN4O5/c1-29-17-24(33)23(15-19-7-3-2-4-8-19)31-26(34)32-13-6-10-21(18-32)25(37-14-12-30-27(35)36)20-9-5-11-22(28)16-20/h5,9,11,16,19,21,23-25,29-30,33H,2-4,6-8,10,12-15,17-18H2,1H3,(H,31,34)(H,35,36)/t21-,23+,24-,25+/m1/s1. The van der Waals surface area contributed by atoms with Crippen LogP contribution in [0.15, 0.2) is 24.3 Å². The highest BCUT2D eigenvalue weighted by atomic mass is 19.1. The molecule has 1 saturated carbocycles. The van der Waals surface area contributed by atoms with Gasteiger partial charge in [-0.25, -0.2) is 14.0 Å². The average molecular weight is 523 g/mol. The Balaban J connectivity index is 1.66. The van der Waals surface area contributed by atoms with Crippen molar-refractivity contribution in [3.05, 3.63) is 35.6 Å². The lowest BCUT2D eigenvalue weighted by Gasteiger charge is -2.38. The molecule has 2 aliphatic rings. The number of hydrogen-bond donors (Lipinski definition) is 5. The maximum atomic E-state index is 14.0. The average Bonchev–Trinajstić information content (AvgIpc) is 2.89. The lowest BCUT2D eigenvalue weighted by molar-refractivity contribution is -0.00907. The molecule has 1 heterocycles. The fraction of sp³-hybridized carbons (Fsp3) is 0.704. The number of carboxylic acid groups (broad SMARTS) is 1. The fourth-order valence-electron chi connectivity index (χ4n) is 5.67. The van der Waals surface area contributed by atoms with Crippen LogP contribution in [-0.2, 0) is 4.74 Å². The molecule has 10 heteroatoms. The molecular weight excluding hydrogens is 479 g/mol. The number of nitrogens with zero attached hydrogens (tertiary/aromatic N) is 1. The van der Waals surface area contributed by atoms with Crippen molar-refractivity contribution in [2.45, 2.75) is 69.6 Å². The van der Waals surface area contributed by atoms with Gasteiger partial charge in [-0.15, -0.1) is 0 Å². The molecule has 1 aliphatic carbocycles. The summed E-state index contributed by atoms with van der Waals surface area (Å²) in [6.07, 6.45) is 5.96. The van der Waals surface area contributed by atoms with Crippen LogP contribution in [0, 0.1) is 17.7 Å². The Morgan fingerprint density at radius 3 is 2.68 bits per heavy atom. The first-order valence-corrected chi connectivity index (χ1v) is 13.6. The number of aliphatic hydroxyl groups is 1. The van der Waals surface area contributed by atoms with Gasteiger partial charge in [0.1, 0.15) is 5.82 Å². The third kappa shape index (κ3) is 9.43. The van der Waals surface area contributed by atoms with Crippen LogP contribution in [0.3, 0.4) is 0 Å². The van der Waals surface area contributed by atoms with E-state index >= 15 is 0 Å². The number of carbonyl (C=O) groups is 2. The van der Waals surface area contributed by atoms with Crippen LogP contribution in [0.4, 0.5) is 14.0 Å². The molecule has 37 heavy (non-hydrogen) atoms.